The number of hydrogen-bond donors (Lipinski definition) is 2. The first-order valence-electron chi connectivity index (χ1n) is 5.62. The highest BCUT2D eigenvalue weighted by Crippen LogP contribution is 2.10. The molecule has 0 saturated heterocycles. The van der Waals surface area contributed by atoms with Crippen molar-refractivity contribution in [2.24, 2.45) is 0 Å². The summed E-state index contributed by atoms with van der Waals surface area (Å²) in [6.07, 6.45) is 1.51. The van der Waals surface area contributed by atoms with Crippen molar-refractivity contribution in [3.63, 3.8) is 0 Å². The number of carbonyl (C=O) groups excluding carboxylic acids is 1. The van der Waals surface area contributed by atoms with Gasteiger partial charge in [-0.25, -0.2) is 0 Å². The van der Waals surface area contributed by atoms with Gasteiger partial charge in [0.25, 0.3) is 0 Å². The molecule has 1 unspecified atom stereocenters. The minimum absolute atomic E-state index is 0.0839. The van der Waals surface area contributed by atoms with Crippen molar-refractivity contribution < 1.29 is 9.90 Å². The molecular formula is C13H19NO2. The summed E-state index contributed by atoms with van der Waals surface area (Å²) >= 11 is 0. The molecule has 0 fully saturated rings. The maximum absolute atomic E-state index is 11.0. The molecule has 16 heavy (non-hydrogen) atoms. The topological polar surface area (TPSA) is 49.3 Å². The van der Waals surface area contributed by atoms with Crippen LogP contribution in [0, 0.1) is 0 Å². The number of Topliss-reactive ketones (excluding diaryl/α,β-unsaturated/α-hetero) is 1. The number of carbonyl (C=O) groups is 1. The maximum Gasteiger partial charge on any atom is 0.159 e. The average Bonchev–Trinajstić information content (AvgIpc) is 2.25. The van der Waals surface area contributed by atoms with Crippen LogP contribution in [0.25, 0.3) is 0 Å². The van der Waals surface area contributed by atoms with E-state index in [1.807, 2.05) is 24.3 Å². The fourth-order valence-corrected chi connectivity index (χ4v) is 1.45. The molecule has 0 aliphatic carbocycles. The van der Waals surface area contributed by atoms with Crippen LogP contribution < -0.4 is 5.32 Å². The fraction of sp³-hybridized carbons (Fsp3) is 0.462. The van der Waals surface area contributed by atoms with Crippen LogP contribution in [0.5, 0.6) is 0 Å². The van der Waals surface area contributed by atoms with E-state index in [1.165, 1.54) is 0 Å². The van der Waals surface area contributed by atoms with Gasteiger partial charge in [-0.2, -0.15) is 0 Å². The molecule has 1 atom stereocenters. The lowest BCUT2D eigenvalue weighted by atomic mass is 10.1. The Morgan fingerprint density at radius 2 is 2.00 bits per heavy atom. The van der Waals surface area contributed by atoms with E-state index >= 15 is 0 Å². The third-order valence-electron chi connectivity index (χ3n) is 2.42. The Bertz CT molecular complexity index is 330. The summed E-state index contributed by atoms with van der Waals surface area (Å²) in [6, 6.07) is 7.44. The number of benzene rings is 1. The van der Waals surface area contributed by atoms with E-state index in [-0.39, 0.29) is 11.9 Å². The molecule has 0 aliphatic rings. The number of aliphatic hydroxyl groups is 1. The average molecular weight is 221 g/mol. The van der Waals surface area contributed by atoms with Crippen molar-refractivity contribution in [2.45, 2.75) is 32.8 Å². The molecule has 0 saturated carbocycles. The summed E-state index contributed by atoms with van der Waals surface area (Å²) in [6.45, 7) is 4.19. The van der Waals surface area contributed by atoms with Gasteiger partial charge in [0.15, 0.2) is 5.78 Å². The Balaban J connectivity index is 2.35. The van der Waals surface area contributed by atoms with Gasteiger partial charge in [-0.3, -0.25) is 4.79 Å². The van der Waals surface area contributed by atoms with Crippen LogP contribution in [0.4, 0.5) is 5.69 Å². The standard InChI is InChI=1S/C13H19NO2/c1-10(15)4-3-9-14-13-7-5-12(6-8-13)11(2)16/h5-8,10,14-15H,3-4,9H2,1-2H3. The summed E-state index contributed by atoms with van der Waals surface area (Å²) < 4.78 is 0. The number of anilines is 1. The predicted octanol–water partition coefficient (Wildman–Crippen LogP) is 2.46. The van der Waals surface area contributed by atoms with E-state index < -0.39 is 0 Å². The van der Waals surface area contributed by atoms with Crippen molar-refractivity contribution in [1.29, 1.82) is 0 Å². The predicted molar refractivity (Wildman–Crippen MR) is 65.9 cm³/mol. The van der Waals surface area contributed by atoms with E-state index in [2.05, 4.69) is 5.32 Å². The van der Waals surface area contributed by atoms with Gasteiger partial charge in [0.2, 0.25) is 0 Å². The molecule has 1 rings (SSSR count). The second-order valence-corrected chi connectivity index (χ2v) is 4.05. The monoisotopic (exact) mass is 221 g/mol. The van der Waals surface area contributed by atoms with Crippen molar-refractivity contribution in [3.05, 3.63) is 29.8 Å². The molecule has 1 aromatic carbocycles. The number of rotatable bonds is 6. The molecule has 0 aromatic heterocycles. The summed E-state index contributed by atoms with van der Waals surface area (Å²) in [4.78, 5) is 11.0. The van der Waals surface area contributed by atoms with Gasteiger partial charge in [-0.1, -0.05) is 0 Å². The number of aliphatic hydroxyl groups excluding tert-OH is 1. The highest BCUT2D eigenvalue weighted by molar-refractivity contribution is 5.94. The zero-order valence-corrected chi connectivity index (χ0v) is 9.86. The van der Waals surface area contributed by atoms with E-state index in [0.717, 1.165) is 30.6 Å². The van der Waals surface area contributed by atoms with Crippen LogP contribution in [-0.2, 0) is 0 Å². The summed E-state index contributed by atoms with van der Waals surface area (Å²) in [5.41, 5.74) is 1.74. The Labute approximate surface area is 96.5 Å². The lowest BCUT2D eigenvalue weighted by Crippen LogP contribution is -2.06. The number of hydrogen-bond acceptors (Lipinski definition) is 3. The second kappa shape index (κ2) is 6.28. The number of ketones is 1. The molecule has 0 radical (unpaired) electrons. The van der Waals surface area contributed by atoms with Gasteiger partial charge >= 0.3 is 0 Å². The molecular weight excluding hydrogens is 202 g/mol. The van der Waals surface area contributed by atoms with Crippen LogP contribution >= 0.6 is 0 Å². The van der Waals surface area contributed by atoms with Crippen LogP contribution in [0.2, 0.25) is 0 Å². The van der Waals surface area contributed by atoms with Gasteiger partial charge in [0.05, 0.1) is 6.10 Å². The zero-order valence-electron chi connectivity index (χ0n) is 9.86. The highest BCUT2D eigenvalue weighted by atomic mass is 16.3. The third-order valence-corrected chi connectivity index (χ3v) is 2.42. The van der Waals surface area contributed by atoms with Gasteiger partial charge in [0.1, 0.15) is 0 Å². The van der Waals surface area contributed by atoms with Crippen LogP contribution in [-0.4, -0.2) is 23.5 Å². The number of nitrogens with one attached hydrogen (secondary N) is 1. The molecule has 0 bridgehead atoms. The molecule has 0 aliphatic heterocycles. The summed E-state index contributed by atoms with van der Waals surface area (Å²) in [5, 5.41) is 12.3. The van der Waals surface area contributed by atoms with E-state index in [4.69, 9.17) is 5.11 Å². The Kier molecular flexibility index (Phi) is 4.99. The van der Waals surface area contributed by atoms with Crippen molar-refractivity contribution in [3.8, 4) is 0 Å². The zero-order chi connectivity index (χ0) is 12.0. The maximum atomic E-state index is 11.0. The molecule has 0 spiro atoms. The molecule has 88 valence electrons. The molecule has 3 nitrogen and oxygen atoms in total. The Hall–Kier alpha value is -1.35. The molecule has 3 heteroatoms. The van der Waals surface area contributed by atoms with Gasteiger partial charge in [-0.05, 0) is 51.0 Å². The Morgan fingerprint density at radius 1 is 1.38 bits per heavy atom. The van der Waals surface area contributed by atoms with Crippen LogP contribution in [0.3, 0.4) is 0 Å². The SMILES string of the molecule is CC(=O)c1ccc(NCCCC(C)O)cc1. The first-order chi connectivity index (χ1) is 7.59. The van der Waals surface area contributed by atoms with Crippen LogP contribution in [0.1, 0.15) is 37.0 Å². The van der Waals surface area contributed by atoms with E-state index in [1.54, 1.807) is 13.8 Å². The largest absolute Gasteiger partial charge is 0.393 e. The van der Waals surface area contributed by atoms with Crippen LogP contribution in [0.15, 0.2) is 24.3 Å². The summed E-state index contributed by atoms with van der Waals surface area (Å²) in [5.74, 6) is 0.0839. The molecule has 1 aromatic rings. The second-order valence-electron chi connectivity index (χ2n) is 4.05. The molecule has 2 N–H and O–H groups in total. The third kappa shape index (κ3) is 4.45. The Morgan fingerprint density at radius 3 is 2.50 bits per heavy atom. The van der Waals surface area contributed by atoms with Gasteiger partial charge < -0.3 is 10.4 Å². The van der Waals surface area contributed by atoms with E-state index in [0.29, 0.717) is 0 Å². The molecule has 0 amide bonds. The quantitative estimate of drug-likeness (QED) is 0.573. The van der Waals surface area contributed by atoms with Crippen molar-refractivity contribution in [2.75, 3.05) is 11.9 Å². The van der Waals surface area contributed by atoms with Crippen molar-refractivity contribution >= 4 is 11.5 Å². The summed E-state index contributed by atoms with van der Waals surface area (Å²) in [7, 11) is 0. The lowest BCUT2D eigenvalue weighted by Gasteiger charge is -2.07. The smallest absolute Gasteiger partial charge is 0.159 e. The first-order valence-corrected chi connectivity index (χ1v) is 5.62. The minimum Gasteiger partial charge on any atom is -0.393 e. The lowest BCUT2D eigenvalue weighted by molar-refractivity contribution is 0.101. The van der Waals surface area contributed by atoms with Gasteiger partial charge in [-0.15, -0.1) is 0 Å². The fourth-order valence-electron chi connectivity index (χ4n) is 1.45. The molecule has 0 heterocycles. The highest BCUT2D eigenvalue weighted by Gasteiger charge is 1.99. The van der Waals surface area contributed by atoms with Crippen molar-refractivity contribution in [1.82, 2.24) is 0 Å². The first kappa shape index (κ1) is 12.7. The normalized spacial score (nSPS) is 12.2. The van der Waals surface area contributed by atoms with E-state index in [9.17, 15) is 4.79 Å². The van der Waals surface area contributed by atoms with Gasteiger partial charge in [0, 0.05) is 17.8 Å². The minimum atomic E-state index is -0.234.